The van der Waals surface area contributed by atoms with Gasteiger partial charge >= 0.3 is 0 Å². The van der Waals surface area contributed by atoms with Crippen LogP contribution in [-0.2, 0) is 0 Å². The van der Waals surface area contributed by atoms with Gasteiger partial charge in [-0.2, -0.15) is 0 Å². The van der Waals surface area contributed by atoms with Crippen LogP contribution < -0.4 is 5.32 Å². The van der Waals surface area contributed by atoms with Gasteiger partial charge in [0.05, 0.1) is 0 Å². The summed E-state index contributed by atoms with van der Waals surface area (Å²) in [6, 6.07) is 4.65. The maximum Gasteiger partial charge on any atom is 0.287 e. The third kappa shape index (κ3) is 1.56. The van der Waals surface area contributed by atoms with E-state index in [0.29, 0.717) is 17.5 Å². The first-order valence-corrected chi connectivity index (χ1v) is 5.11. The maximum atomic E-state index is 13.4. The highest BCUT2D eigenvalue weighted by Crippen LogP contribution is 2.26. The summed E-state index contributed by atoms with van der Waals surface area (Å²) in [4.78, 5) is 11.6. The fraction of sp³-hybridized carbons (Fsp3) is 0.250. The van der Waals surface area contributed by atoms with Crippen molar-refractivity contribution in [3.05, 3.63) is 35.3 Å². The molecule has 2 aromatic rings. The van der Waals surface area contributed by atoms with E-state index in [2.05, 4.69) is 5.32 Å². The Labute approximate surface area is 92.2 Å². The SMILES string of the molecule is CCNC(=O)c1oc2c(F)cccc2c1C. The lowest BCUT2D eigenvalue weighted by atomic mass is 10.1. The number of carbonyl (C=O) groups is 1. The van der Waals surface area contributed by atoms with E-state index in [1.165, 1.54) is 6.07 Å². The third-order valence-electron chi connectivity index (χ3n) is 2.46. The minimum atomic E-state index is -0.448. The Bertz CT molecular complexity index is 545. The second-order valence-corrected chi connectivity index (χ2v) is 3.53. The number of amides is 1. The molecule has 0 aliphatic heterocycles. The molecule has 4 heteroatoms. The van der Waals surface area contributed by atoms with Crippen molar-refractivity contribution in [2.45, 2.75) is 13.8 Å². The molecule has 1 amide bonds. The number of fused-ring (bicyclic) bond motifs is 1. The average Bonchev–Trinajstić information content (AvgIpc) is 2.59. The average molecular weight is 221 g/mol. The van der Waals surface area contributed by atoms with Crippen molar-refractivity contribution < 1.29 is 13.6 Å². The molecule has 3 nitrogen and oxygen atoms in total. The van der Waals surface area contributed by atoms with Gasteiger partial charge in [0, 0.05) is 17.5 Å². The maximum absolute atomic E-state index is 13.4. The van der Waals surface area contributed by atoms with Crippen LogP contribution in [0.5, 0.6) is 0 Å². The standard InChI is InChI=1S/C12H12FNO2/c1-3-14-12(15)10-7(2)8-5-4-6-9(13)11(8)16-10/h4-6H,3H2,1-2H3,(H,14,15). The smallest absolute Gasteiger partial charge is 0.287 e. The molecule has 0 saturated carbocycles. The van der Waals surface area contributed by atoms with Crippen LogP contribution in [-0.4, -0.2) is 12.5 Å². The molecule has 0 bridgehead atoms. The van der Waals surface area contributed by atoms with Gasteiger partial charge in [-0.3, -0.25) is 4.79 Å². The van der Waals surface area contributed by atoms with Crippen molar-refractivity contribution >= 4 is 16.9 Å². The van der Waals surface area contributed by atoms with Gasteiger partial charge in [0.2, 0.25) is 0 Å². The van der Waals surface area contributed by atoms with Crippen molar-refractivity contribution in [2.75, 3.05) is 6.54 Å². The van der Waals surface area contributed by atoms with Gasteiger partial charge in [-0.25, -0.2) is 4.39 Å². The van der Waals surface area contributed by atoms with Crippen LogP contribution in [0.25, 0.3) is 11.0 Å². The van der Waals surface area contributed by atoms with Crippen LogP contribution in [0.2, 0.25) is 0 Å². The molecule has 1 aromatic heterocycles. The third-order valence-corrected chi connectivity index (χ3v) is 2.46. The van der Waals surface area contributed by atoms with E-state index in [-0.39, 0.29) is 17.3 Å². The first kappa shape index (κ1) is 10.7. The molecule has 0 radical (unpaired) electrons. The number of para-hydroxylation sites is 1. The number of rotatable bonds is 2. The zero-order chi connectivity index (χ0) is 11.7. The predicted molar refractivity (Wildman–Crippen MR) is 58.9 cm³/mol. The number of nitrogens with one attached hydrogen (secondary N) is 1. The van der Waals surface area contributed by atoms with Crippen molar-refractivity contribution in [3.63, 3.8) is 0 Å². The molecular weight excluding hydrogens is 209 g/mol. The lowest BCUT2D eigenvalue weighted by molar-refractivity contribution is 0.0929. The summed E-state index contributed by atoms with van der Waals surface area (Å²) in [5.41, 5.74) is 0.807. The second kappa shape index (κ2) is 3.96. The number of furan rings is 1. The minimum Gasteiger partial charge on any atom is -0.448 e. The summed E-state index contributed by atoms with van der Waals surface area (Å²) >= 11 is 0. The van der Waals surface area contributed by atoms with Crippen LogP contribution in [0.4, 0.5) is 4.39 Å². The van der Waals surface area contributed by atoms with Gasteiger partial charge < -0.3 is 9.73 Å². The Morgan fingerprint density at radius 1 is 1.50 bits per heavy atom. The molecule has 0 spiro atoms. The minimum absolute atomic E-state index is 0.140. The van der Waals surface area contributed by atoms with Crippen LogP contribution in [0.15, 0.2) is 22.6 Å². The summed E-state index contributed by atoms with van der Waals surface area (Å²) in [6.07, 6.45) is 0. The molecule has 0 unspecified atom stereocenters. The van der Waals surface area contributed by atoms with Gasteiger partial charge in [0.25, 0.3) is 5.91 Å². The van der Waals surface area contributed by atoms with Gasteiger partial charge in [0.15, 0.2) is 17.2 Å². The van der Waals surface area contributed by atoms with Gasteiger partial charge in [-0.1, -0.05) is 12.1 Å². The summed E-state index contributed by atoms with van der Waals surface area (Å²) in [7, 11) is 0. The van der Waals surface area contributed by atoms with Gasteiger partial charge in [-0.15, -0.1) is 0 Å². The fourth-order valence-corrected chi connectivity index (χ4v) is 1.67. The van der Waals surface area contributed by atoms with Crippen molar-refractivity contribution in [2.24, 2.45) is 0 Å². The molecule has 16 heavy (non-hydrogen) atoms. The van der Waals surface area contributed by atoms with Crippen molar-refractivity contribution in [1.82, 2.24) is 5.32 Å². The first-order valence-electron chi connectivity index (χ1n) is 5.11. The lowest BCUT2D eigenvalue weighted by Gasteiger charge is -1.98. The Hall–Kier alpha value is -1.84. The molecule has 84 valence electrons. The first-order chi connectivity index (χ1) is 7.65. The highest BCUT2D eigenvalue weighted by molar-refractivity contribution is 5.98. The van der Waals surface area contributed by atoms with E-state index in [4.69, 9.17) is 4.42 Å². The molecule has 0 saturated heterocycles. The van der Waals surface area contributed by atoms with Crippen LogP contribution in [0, 0.1) is 12.7 Å². The summed E-state index contributed by atoms with van der Waals surface area (Å²) in [5.74, 6) is -0.575. The molecule has 0 aliphatic carbocycles. The number of halogens is 1. The monoisotopic (exact) mass is 221 g/mol. The number of benzene rings is 1. The molecule has 1 aromatic carbocycles. The predicted octanol–water partition coefficient (Wildman–Crippen LogP) is 2.63. The van der Waals surface area contributed by atoms with Crippen LogP contribution >= 0.6 is 0 Å². The fourth-order valence-electron chi connectivity index (χ4n) is 1.67. The van der Waals surface area contributed by atoms with E-state index < -0.39 is 5.82 Å². The highest BCUT2D eigenvalue weighted by atomic mass is 19.1. The molecule has 1 N–H and O–H groups in total. The normalized spacial score (nSPS) is 10.7. The molecular formula is C12H12FNO2. The van der Waals surface area contributed by atoms with Crippen LogP contribution in [0.1, 0.15) is 23.0 Å². The van der Waals surface area contributed by atoms with Gasteiger partial charge in [-0.05, 0) is 19.9 Å². The van der Waals surface area contributed by atoms with Crippen LogP contribution in [0.3, 0.4) is 0 Å². The van der Waals surface area contributed by atoms with Crippen molar-refractivity contribution in [1.29, 1.82) is 0 Å². The second-order valence-electron chi connectivity index (χ2n) is 3.53. The van der Waals surface area contributed by atoms with E-state index >= 15 is 0 Å². The molecule has 0 aliphatic rings. The highest BCUT2D eigenvalue weighted by Gasteiger charge is 2.18. The zero-order valence-corrected chi connectivity index (χ0v) is 9.13. The summed E-state index contributed by atoms with van der Waals surface area (Å²) in [5, 5.41) is 3.27. The zero-order valence-electron chi connectivity index (χ0n) is 9.13. The summed E-state index contributed by atoms with van der Waals surface area (Å²) in [6.45, 7) is 4.07. The Morgan fingerprint density at radius 3 is 2.88 bits per heavy atom. The molecule has 1 heterocycles. The largest absolute Gasteiger partial charge is 0.448 e. The Kier molecular flexibility index (Phi) is 2.64. The Morgan fingerprint density at radius 2 is 2.25 bits per heavy atom. The molecule has 2 rings (SSSR count). The number of carbonyl (C=O) groups excluding carboxylic acids is 1. The van der Waals surface area contributed by atoms with E-state index in [1.807, 2.05) is 6.92 Å². The number of hydrogen-bond acceptors (Lipinski definition) is 2. The Balaban J connectivity index is 2.60. The van der Waals surface area contributed by atoms with Gasteiger partial charge in [0.1, 0.15) is 0 Å². The number of hydrogen-bond donors (Lipinski definition) is 1. The lowest BCUT2D eigenvalue weighted by Crippen LogP contribution is -2.22. The van der Waals surface area contributed by atoms with E-state index in [1.54, 1.807) is 19.1 Å². The van der Waals surface area contributed by atoms with Crippen molar-refractivity contribution in [3.8, 4) is 0 Å². The van der Waals surface area contributed by atoms with E-state index in [0.717, 1.165) is 0 Å². The quantitative estimate of drug-likeness (QED) is 0.847. The summed E-state index contributed by atoms with van der Waals surface area (Å²) < 4.78 is 18.7. The molecule has 0 atom stereocenters. The topological polar surface area (TPSA) is 42.2 Å². The molecule has 0 fully saturated rings. The van der Waals surface area contributed by atoms with E-state index in [9.17, 15) is 9.18 Å². The number of aryl methyl sites for hydroxylation is 1.